The summed E-state index contributed by atoms with van der Waals surface area (Å²) in [6.45, 7) is 7.20. The molecule has 0 saturated carbocycles. The van der Waals surface area contributed by atoms with Gasteiger partial charge in [0.2, 0.25) is 5.91 Å². The highest BCUT2D eigenvalue weighted by Crippen LogP contribution is 2.33. The van der Waals surface area contributed by atoms with Crippen LogP contribution in [0.4, 0.5) is 0 Å². The van der Waals surface area contributed by atoms with E-state index in [1.807, 2.05) is 13.8 Å². The zero-order chi connectivity index (χ0) is 10.3. The minimum Gasteiger partial charge on any atom is -0.334 e. The number of hydrogen-bond donors (Lipinski definition) is 1. The molecule has 1 fully saturated rings. The van der Waals surface area contributed by atoms with E-state index in [1.165, 1.54) is 0 Å². The predicted octanol–water partition coefficient (Wildman–Crippen LogP) is 1.06. The Morgan fingerprint density at radius 2 is 1.85 bits per heavy atom. The number of rotatable bonds is 2. The van der Waals surface area contributed by atoms with Gasteiger partial charge in [0.25, 0.3) is 0 Å². The van der Waals surface area contributed by atoms with Crippen LogP contribution in [-0.4, -0.2) is 22.2 Å². The van der Waals surface area contributed by atoms with E-state index in [9.17, 15) is 10.0 Å². The van der Waals surface area contributed by atoms with Crippen molar-refractivity contribution in [2.24, 2.45) is 0 Å². The summed E-state index contributed by atoms with van der Waals surface area (Å²) < 4.78 is 0. The standard InChI is InChI=1S/C9H17N2O2/c1-5-8(3)7(12)10-9(4,6-2)11(8)13/h5-6H2,1-4H3,(H,10,12). The van der Waals surface area contributed by atoms with Crippen LogP contribution >= 0.6 is 0 Å². The van der Waals surface area contributed by atoms with Crippen LogP contribution in [0.3, 0.4) is 0 Å². The molecular formula is C9H17N2O2. The van der Waals surface area contributed by atoms with Gasteiger partial charge in [0.05, 0.1) is 0 Å². The van der Waals surface area contributed by atoms with E-state index in [2.05, 4.69) is 5.32 Å². The van der Waals surface area contributed by atoms with Crippen LogP contribution in [0.5, 0.6) is 0 Å². The molecule has 1 rings (SSSR count). The number of hydrogen-bond acceptors (Lipinski definition) is 2. The fourth-order valence-corrected chi connectivity index (χ4v) is 1.60. The number of nitrogens with one attached hydrogen (secondary N) is 1. The molecule has 0 aromatic heterocycles. The molecule has 1 saturated heterocycles. The fourth-order valence-electron chi connectivity index (χ4n) is 1.60. The maximum atomic E-state index is 11.9. The van der Waals surface area contributed by atoms with Gasteiger partial charge in [0, 0.05) is 0 Å². The molecule has 0 aromatic carbocycles. The lowest BCUT2D eigenvalue weighted by molar-refractivity contribution is -0.254. The number of amides is 1. The molecule has 0 bridgehead atoms. The first-order chi connectivity index (χ1) is 5.90. The van der Waals surface area contributed by atoms with Gasteiger partial charge in [-0.3, -0.25) is 4.79 Å². The summed E-state index contributed by atoms with van der Waals surface area (Å²) in [6, 6.07) is 0. The Morgan fingerprint density at radius 3 is 2.08 bits per heavy atom. The Kier molecular flexibility index (Phi) is 2.38. The van der Waals surface area contributed by atoms with Gasteiger partial charge in [-0.05, 0) is 26.7 Å². The summed E-state index contributed by atoms with van der Waals surface area (Å²) in [5.74, 6) is -0.158. The van der Waals surface area contributed by atoms with Gasteiger partial charge in [-0.2, -0.15) is 0 Å². The molecule has 1 aliphatic heterocycles. The molecule has 13 heavy (non-hydrogen) atoms. The minimum absolute atomic E-state index is 0.158. The van der Waals surface area contributed by atoms with Gasteiger partial charge >= 0.3 is 0 Å². The topological polar surface area (TPSA) is 52.2 Å². The molecule has 4 heteroatoms. The lowest BCUT2D eigenvalue weighted by Crippen LogP contribution is -2.50. The van der Waals surface area contributed by atoms with Crippen LogP contribution in [0.1, 0.15) is 40.5 Å². The number of carbonyl (C=O) groups is 1. The second-order valence-corrected chi connectivity index (χ2v) is 4.00. The highest BCUT2D eigenvalue weighted by Gasteiger charge is 2.55. The SMILES string of the molecule is CCC1(C)NC(=O)C(C)(CC)N1[O]. The summed E-state index contributed by atoms with van der Waals surface area (Å²) in [4.78, 5) is 11.6. The van der Waals surface area contributed by atoms with E-state index in [1.54, 1.807) is 13.8 Å². The van der Waals surface area contributed by atoms with Crippen LogP contribution in [0.25, 0.3) is 0 Å². The molecule has 2 unspecified atom stereocenters. The van der Waals surface area contributed by atoms with Crippen molar-refractivity contribution in [2.75, 3.05) is 0 Å². The Labute approximate surface area is 78.9 Å². The van der Waals surface area contributed by atoms with Gasteiger partial charge in [0.15, 0.2) is 0 Å². The third-order valence-electron chi connectivity index (χ3n) is 3.15. The van der Waals surface area contributed by atoms with Crippen molar-refractivity contribution in [3.63, 3.8) is 0 Å². The molecule has 1 heterocycles. The van der Waals surface area contributed by atoms with Crippen molar-refractivity contribution in [1.82, 2.24) is 10.4 Å². The number of nitrogens with zero attached hydrogens (tertiary/aromatic N) is 1. The molecule has 1 aliphatic rings. The highest BCUT2D eigenvalue weighted by molar-refractivity contribution is 5.88. The third-order valence-corrected chi connectivity index (χ3v) is 3.15. The molecule has 2 atom stereocenters. The molecule has 1 radical (unpaired) electrons. The summed E-state index contributed by atoms with van der Waals surface area (Å²) in [7, 11) is 0. The average Bonchev–Trinajstić information content (AvgIpc) is 2.29. The molecule has 1 amide bonds. The first kappa shape index (κ1) is 10.5. The molecular weight excluding hydrogens is 168 g/mol. The summed E-state index contributed by atoms with van der Waals surface area (Å²) in [5, 5.41) is 15.5. The maximum Gasteiger partial charge on any atom is 0.244 e. The minimum atomic E-state index is -0.884. The monoisotopic (exact) mass is 185 g/mol. The lowest BCUT2D eigenvalue weighted by atomic mass is 9.98. The summed E-state index contributed by atoms with van der Waals surface area (Å²) in [6.07, 6.45) is 1.16. The largest absolute Gasteiger partial charge is 0.334 e. The molecule has 0 spiro atoms. The van der Waals surface area contributed by atoms with Crippen LogP contribution in [0.15, 0.2) is 0 Å². The Bertz CT molecular complexity index is 232. The van der Waals surface area contributed by atoms with Crippen molar-refractivity contribution >= 4 is 5.91 Å². The van der Waals surface area contributed by atoms with Gasteiger partial charge < -0.3 is 5.32 Å². The maximum absolute atomic E-state index is 11.9. The van der Waals surface area contributed by atoms with E-state index in [-0.39, 0.29) is 5.91 Å². The number of carbonyl (C=O) groups excluding carboxylic acids is 1. The summed E-state index contributed by atoms with van der Waals surface area (Å²) >= 11 is 0. The van der Waals surface area contributed by atoms with Crippen molar-refractivity contribution in [1.29, 1.82) is 0 Å². The normalized spacial score (nSPS) is 40.8. The van der Waals surface area contributed by atoms with E-state index in [4.69, 9.17) is 0 Å². The molecule has 0 aliphatic carbocycles. The zero-order valence-electron chi connectivity index (χ0n) is 8.68. The van der Waals surface area contributed by atoms with E-state index in [0.29, 0.717) is 12.8 Å². The van der Waals surface area contributed by atoms with Crippen molar-refractivity contribution < 1.29 is 10.0 Å². The quantitative estimate of drug-likeness (QED) is 0.699. The molecule has 0 aromatic rings. The van der Waals surface area contributed by atoms with Crippen molar-refractivity contribution in [3.8, 4) is 0 Å². The van der Waals surface area contributed by atoms with E-state index in [0.717, 1.165) is 5.06 Å². The second-order valence-electron chi connectivity index (χ2n) is 4.00. The van der Waals surface area contributed by atoms with Crippen molar-refractivity contribution in [2.45, 2.75) is 51.7 Å². The number of hydroxylamine groups is 2. The van der Waals surface area contributed by atoms with E-state index >= 15 is 0 Å². The first-order valence-electron chi connectivity index (χ1n) is 4.71. The first-order valence-corrected chi connectivity index (χ1v) is 4.71. The summed E-state index contributed by atoms with van der Waals surface area (Å²) in [5.41, 5.74) is -1.60. The average molecular weight is 185 g/mol. The molecule has 4 nitrogen and oxygen atoms in total. The fraction of sp³-hybridized carbons (Fsp3) is 0.889. The van der Waals surface area contributed by atoms with Crippen LogP contribution in [0.2, 0.25) is 0 Å². The van der Waals surface area contributed by atoms with E-state index < -0.39 is 11.2 Å². The second kappa shape index (κ2) is 2.96. The third kappa shape index (κ3) is 1.25. The van der Waals surface area contributed by atoms with Crippen molar-refractivity contribution in [3.05, 3.63) is 0 Å². The van der Waals surface area contributed by atoms with Gasteiger partial charge in [-0.1, -0.05) is 13.8 Å². The molecule has 75 valence electrons. The van der Waals surface area contributed by atoms with Crippen LogP contribution < -0.4 is 5.32 Å². The Balaban J connectivity index is 3.00. The Morgan fingerprint density at radius 1 is 1.31 bits per heavy atom. The highest BCUT2D eigenvalue weighted by atomic mass is 16.5. The molecule has 1 N–H and O–H groups in total. The van der Waals surface area contributed by atoms with Gasteiger partial charge in [0.1, 0.15) is 11.2 Å². The van der Waals surface area contributed by atoms with Gasteiger partial charge in [-0.25, -0.2) is 0 Å². The van der Waals surface area contributed by atoms with Crippen LogP contribution in [0, 0.1) is 0 Å². The predicted molar refractivity (Wildman–Crippen MR) is 48.1 cm³/mol. The smallest absolute Gasteiger partial charge is 0.244 e. The zero-order valence-corrected chi connectivity index (χ0v) is 8.68. The van der Waals surface area contributed by atoms with Crippen LogP contribution in [-0.2, 0) is 10.0 Å². The Hall–Kier alpha value is -0.610. The van der Waals surface area contributed by atoms with Gasteiger partial charge in [-0.15, -0.1) is 10.3 Å². The lowest BCUT2D eigenvalue weighted by Gasteiger charge is -2.32.